The van der Waals surface area contributed by atoms with Crippen LogP contribution in [0.3, 0.4) is 0 Å². The molecule has 0 aliphatic heterocycles. The van der Waals surface area contributed by atoms with E-state index in [1.165, 1.54) is 0 Å². The van der Waals surface area contributed by atoms with E-state index in [-0.39, 0.29) is 6.54 Å². The van der Waals surface area contributed by atoms with Crippen molar-refractivity contribution in [1.29, 1.82) is 0 Å². The first-order chi connectivity index (χ1) is 7.36. The molecule has 0 fully saturated rings. The SMILES string of the molecule is COc1ccccc1-n1nnnc1CN. The van der Waals surface area contributed by atoms with E-state index in [9.17, 15) is 0 Å². The zero-order chi connectivity index (χ0) is 10.7. The molecule has 6 nitrogen and oxygen atoms in total. The maximum atomic E-state index is 5.52. The molecule has 1 aromatic heterocycles. The molecule has 0 unspecified atom stereocenters. The van der Waals surface area contributed by atoms with Crippen LogP contribution in [0.1, 0.15) is 5.82 Å². The average Bonchev–Trinajstić information content (AvgIpc) is 2.76. The summed E-state index contributed by atoms with van der Waals surface area (Å²) in [6.45, 7) is 0.283. The molecular formula is C9H11N5O. The minimum absolute atomic E-state index is 0.283. The number of hydrogen-bond acceptors (Lipinski definition) is 5. The van der Waals surface area contributed by atoms with E-state index in [0.717, 1.165) is 5.69 Å². The van der Waals surface area contributed by atoms with Crippen LogP contribution in [0, 0.1) is 0 Å². The summed E-state index contributed by atoms with van der Waals surface area (Å²) in [6.07, 6.45) is 0. The zero-order valence-electron chi connectivity index (χ0n) is 8.29. The lowest BCUT2D eigenvalue weighted by atomic mass is 10.3. The first-order valence-electron chi connectivity index (χ1n) is 4.47. The molecule has 0 aliphatic rings. The Morgan fingerprint density at radius 1 is 1.40 bits per heavy atom. The third-order valence-corrected chi connectivity index (χ3v) is 2.03. The topological polar surface area (TPSA) is 78.8 Å². The summed E-state index contributed by atoms with van der Waals surface area (Å²) >= 11 is 0. The maximum absolute atomic E-state index is 5.52. The molecule has 15 heavy (non-hydrogen) atoms. The first kappa shape index (κ1) is 9.60. The Kier molecular flexibility index (Phi) is 2.59. The molecule has 0 amide bonds. The molecule has 0 atom stereocenters. The summed E-state index contributed by atoms with van der Waals surface area (Å²) in [7, 11) is 1.60. The van der Waals surface area contributed by atoms with Crippen LogP contribution in [-0.2, 0) is 6.54 Å². The third-order valence-electron chi connectivity index (χ3n) is 2.03. The van der Waals surface area contributed by atoms with Gasteiger partial charge in [-0.2, -0.15) is 4.68 Å². The van der Waals surface area contributed by atoms with Crippen molar-refractivity contribution in [2.24, 2.45) is 5.73 Å². The number of hydrogen-bond donors (Lipinski definition) is 1. The van der Waals surface area contributed by atoms with Crippen molar-refractivity contribution in [3.8, 4) is 11.4 Å². The van der Waals surface area contributed by atoms with Crippen molar-refractivity contribution in [3.05, 3.63) is 30.1 Å². The van der Waals surface area contributed by atoms with Crippen LogP contribution < -0.4 is 10.5 Å². The second-order valence-corrected chi connectivity index (χ2v) is 2.88. The van der Waals surface area contributed by atoms with Gasteiger partial charge in [0.15, 0.2) is 5.82 Å². The predicted molar refractivity (Wildman–Crippen MR) is 53.6 cm³/mol. The number of nitrogens with zero attached hydrogens (tertiary/aromatic N) is 4. The van der Waals surface area contributed by atoms with E-state index < -0.39 is 0 Å². The van der Waals surface area contributed by atoms with Crippen LogP contribution in [0.15, 0.2) is 24.3 Å². The van der Waals surface area contributed by atoms with Crippen LogP contribution in [0.25, 0.3) is 5.69 Å². The summed E-state index contributed by atoms with van der Waals surface area (Å²) < 4.78 is 6.78. The van der Waals surface area contributed by atoms with E-state index in [1.807, 2.05) is 24.3 Å². The summed E-state index contributed by atoms with van der Waals surface area (Å²) in [5.74, 6) is 1.30. The van der Waals surface area contributed by atoms with Crippen molar-refractivity contribution in [1.82, 2.24) is 20.2 Å². The van der Waals surface area contributed by atoms with Crippen LogP contribution in [-0.4, -0.2) is 27.3 Å². The van der Waals surface area contributed by atoms with Gasteiger partial charge in [-0.25, -0.2) is 0 Å². The molecule has 0 saturated heterocycles. The highest BCUT2D eigenvalue weighted by Crippen LogP contribution is 2.21. The van der Waals surface area contributed by atoms with Gasteiger partial charge < -0.3 is 10.5 Å². The number of benzene rings is 1. The largest absolute Gasteiger partial charge is 0.494 e. The first-order valence-corrected chi connectivity index (χ1v) is 4.47. The molecule has 78 valence electrons. The van der Waals surface area contributed by atoms with E-state index in [2.05, 4.69) is 15.5 Å². The molecular weight excluding hydrogens is 194 g/mol. The number of para-hydroxylation sites is 2. The van der Waals surface area contributed by atoms with Crippen molar-refractivity contribution >= 4 is 0 Å². The molecule has 1 aromatic carbocycles. The Morgan fingerprint density at radius 3 is 2.93 bits per heavy atom. The molecule has 2 aromatic rings. The van der Waals surface area contributed by atoms with Crippen molar-refractivity contribution in [2.75, 3.05) is 7.11 Å². The molecule has 6 heteroatoms. The van der Waals surface area contributed by atoms with Crippen molar-refractivity contribution in [2.45, 2.75) is 6.54 Å². The maximum Gasteiger partial charge on any atom is 0.170 e. The molecule has 0 bridgehead atoms. The number of tetrazole rings is 1. The van der Waals surface area contributed by atoms with Crippen molar-refractivity contribution < 1.29 is 4.74 Å². The fourth-order valence-corrected chi connectivity index (χ4v) is 1.32. The van der Waals surface area contributed by atoms with Crippen LogP contribution in [0.5, 0.6) is 5.75 Å². The Balaban J connectivity index is 2.53. The quantitative estimate of drug-likeness (QED) is 0.770. The monoisotopic (exact) mass is 205 g/mol. The predicted octanol–water partition coefficient (Wildman–Crippen LogP) is 0.130. The van der Waals surface area contributed by atoms with E-state index in [4.69, 9.17) is 10.5 Å². The van der Waals surface area contributed by atoms with Crippen LogP contribution in [0.2, 0.25) is 0 Å². The van der Waals surface area contributed by atoms with Gasteiger partial charge in [0.2, 0.25) is 0 Å². The summed E-state index contributed by atoms with van der Waals surface area (Å²) in [4.78, 5) is 0. The Labute approximate surface area is 86.7 Å². The van der Waals surface area contributed by atoms with E-state index in [1.54, 1.807) is 11.8 Å². The van der Waals surface area contributed by atoms with Gasteiger partial charge in [-0.3, -0.25) is 0 Å². The van der Waals surface area contributed by atoms with Gasteiger partial charge in [0.05, 0.1) is 13.7 Å². The molecule has 0 spiro atoms. The minimum atomic E-state index is 0.283. The Bertz CT molecular complexity index is 453. The van der Waals surface area contributed by atoms with Gasteiger partial charge in [0.25, 0.3) is 0 Å². The molecule has 0 aliphatic carbocycles. The lowest BCUT2D eigenvalue weighted by Crippen LogP contribution is -2.08. The number of nitrogens with two attached hydrogens (primary N) is 1. The molecule has 0 radical (unpaired) electrons. The molecule has 2 rings (SSSR count). The zero-order valence-corrected chi connectivity index (χ0v) is 8.29. The number of ether oxygens (including phenoxy) is 1. The van der Waals surface area contributed by atoms with Gasteiger partial charge in [0, 0.05) is 0 Å². The fraction of sp³-hybridized carbons (Fsp3) is 0.222. The van der Waals surface area contributed by atoms with Crippen molar-refractivity contribution in [3.63, 3.8) is 0 Å². The van der Waals surface area contributed by atoms with Gasteiger partial charge in [-0.05, 0) is 22.6 Å². The molecule has 0 saturated carbocycles. The van der Waals surface area contributed by atoms with E-state index in [0.29, 0.717) is 11.6 Å². The molecule has 2 N–H and O–H groups in total. The highest BCUT2D eigenvalue weighted by molar-refractivity contribution is 5.45. The Morgan fingerprint density at radius 2 is 2.20 bits per heavy atom. The summed E-state index contributed by atoms with van der Waals surface area (Å²) in [6, 6.07) is 7.49. The van der Waals surface area contributed by atoms with Gasteiger partial charge in [-0.1, -0.05) is 12.1 Å². The van der Waals surface area contributed by atoms with Crippen LogP contribution >= 0.6 is 0 Å². The minimum Gasteiger partial charge on any atom is -0.494 e. The number of aromatic nitrogens is 4. The number of rotatable bonds is 3. The van der Waals surface area contributed by atoms with Gasteiger partial charge in [-0.15, -0.1) is 5.10 Å². The average molecular weight is 205 g/mol. The van der Waals surface area contributed by atoms with Gasteiger partial charge >= 0.3 is 0 Å². The highest BCUT2D eigenvalue weighted by atomic mass is 16.5. The third kappa shape index (κ3) is 1.66. The summed E-state index contributed by atoms with van der Waals surface area (Å²) in [5, 5.41) is 11.2. The smallest absolute Gasteiger partial charge is 0.170 e. The van der Waals surface area contributed by atoms with Crippen LogP contribution in [0.4, 0.5) is 0 Å². The summed E-state index contributed by atoms with van der Waals surface area (Å²) in [5.41, 5.74) is 6.30. The standard InChI is InChI=1S/C9H11N5O/c1-15-8-5-3-2-4-7(8)14-9(6-10)11-12-13-14/h2-5H,6,10H2,1H3. The van der Waals surface area contributed by atoms with E-state index >= 15 is 0 Å². The lowest BCUT2D eigenvalue weighted by Gasteiger charge is -2.07. The highest BCUT2D eigenvalue weighted by Gasteiger charge is 2.10. The lowest BCUT2D eigenvalue weighted by molar-refractivity contribution is 0.411. The Hall–Kier alpha value is -1.95. The molecule has 1 heterocycles. The normalized spacial score (nSPS) is 10.3. The fourth-order valence-electron chi connectivity index (χ4n) is 1.32. The number of methoxy groups -OCH3 is 1. The second-order valence-electron chi connectivity index (χ2n) is 2.88. The second kappa shape index (κ2) is 4.05. The van der Waals surface area contributed by atoms with Gasteiger partial charge in [0.1, 0.15) is 11.4 Å².